The first-order chi connectivity index (χ1) is 7.58. The van der Waals surface area contributed by atoms with Gasteiger partial charge in [0.2, 0.25) is 0 Å². The van der Waals surface area contributed by atoms with Crippen molar-refractivity contribution in [2.75, 3.05) is 5.73 Å². The summed E-state index contributed by atoms with van der Waals surface area (Å²) in [5.74, 6) is 0. The molecule has 0 fully saturated rings. The van der Waals surface area contributed by atoms with Gasteiger partial charge in [0.05, 0.1) is 0 Å². The highest BCUT2D eigenvalue weighted by atomic mass is 14.6. The monoisotopic (exact) mass is 211 g/mol. The average Bonchev–Trinajstić information content (AvgIpc) is 2.22. The highest BCUT2D eigenvalue weighted by Crippen LogP contribution is 2.28. The van der Waals surface area contributed by atoms with E-state index in [2.05, 4.69) is 51.1 Å². The van der Waals surface area contributed by atoms with E-state index in [9.17, 15) is 0 Å². The molecule has 0 atom stereocenters. The molecule has 0 saturated carbocycles. The first-order valence-electron chi connectivity index (χ1n) is 5.51. The lowest BCUT2D eigenvalue weighted by molar-refractivity contribution is 1.34. The number of hydrogen-bond donors (Lipinski definition) is 1. The van der Waals surface area contributed by atoms with Crippen LogP contribution >= 0.6 is 0 Å². The van der Waals surface area contributed by atoms with Crippen LogP contribution < -0.4 is 5.73 Å². The van der Waals surface area contributed by atoms with Crippen LogP contribution in [0.15, 0.2) is 36.4 Å². The van der Waals surface area contributed by atoms with Crippen LogP contribution in [0.1, 0.15) is 16.7 Å². The topological polar surface area (TPSA) is 26.0 Å². The maximum Gasteiger partial charge on any atom is 0.0396 e. The molecule has 0 unspecified atom stereocenters. The Balaban J connectivity index is 2.54. The Kier molecular flexibility index (Phi) is 2.69. The second-order valence-corrected chi connectivity index (χ2v) is 4.39. The molecule has 0 radical (unpaired) electrons. The molecule has 0 aliphatic carbocycles. The molecular formula is C15H17N. The molecule has 0 aromatic heterocycles. The van der Waals surface area contributed by atoms with E-state index in [1.807, 2.05) is 6.07 Å². The van der Waals surface area contributed by atoms with Crippen LogP contribution in [-0.4, -0.2) is 0 Å². The molecule has 2 rings (SSSR count). The van der Waals surface area contributed by atoms with E-state index < -0.39 is 0 Å². The molecule has 0 saturated heterocycles. The van der Waals surface area contributed by atoms with Crippen molar-refractivity contribution in [3.63, 3.8) is 0 Å². The van der Waals surface area contributed by atoms with Gasteiger partial charge in [0.25, 0.3) is 0 Å². The quantitative estimate of drug-likeness (QED) is 0.712. The molecular weight excluding hydrogens is 194 g/mol. The van der Waals surface area contributed by atoms with Crippen molar-refractivity contribution in [1.29, 1.82) is 0 Å². The van der Waals surface area contributed by atoms with Crippen LogP contribution in [-0.2, 0) is 0 Å². The van der Waals surface area contributed by atoms with E-state index in [0.717, 1.165) is 11.3 Å². The van der Waals surface area contributed by atoms with Crippen molar-refractivity contribution >= 4 is 5.69 Å². The van der Waals surface area contributed by atoms with Crippen LogP contribution in [0.3, 0.4) is 0 Å². The van der Waals surface area contributed by atoms with Gasteiger partial charge < -0.3 is 5.73 Å². The summed E-state index contributed by atoms with van der Waals surface area (Å²) in [7, 11) is 0. The van der Waals surface area contributed by atoms with Crippen molar-refractivity contribution < 1.29 is 0 Å². The van der Waals surface area contributed by atoms with E-state index in [-0.39, 0.29) is 0 Å². The first kappa shape index (κ1) is 10.7. The van der Waals surface area contributed by atoms with E-state index in [4.69, 9.17) is 5.73 Å². The molecule has 0 aliphatic rings. The second-order valence-electron chi connectivity index (χ2n) is 4.39. The highest BCUT2D eigenvalue weighted by Gasteiger charge is 2.03. The second kappa shape index (κ2) is 4.01. The van der Waals surface area contributed by atoms with Crippen LogP contribution in [0.2, 0.25) is 0 Å². The highest BCUT2D eigenvalue weighted by molar-refractivity contribution is 5.77. The van der Waals surface area contributed by atoms with Gasteiger partial charge >= 0.3 is 0 Å². The molecule has 0 aliphatic heterocycles. The fraction of sp³-hybridized carbons (Fsp3) is 0.200. The summed E-state index contributed by atoms with van der Waals surface area (Å²) in [5, 5.41) is 0. The average molecular weight is 211 g/mol. The van der Waals surface area contributed by atoms with Crippen molar-refractivity contribution in [2.24, 2.45) is 0 Å². The Bertz CT molecular complexity index is 527. The molecule has 0 spiro atoms. The number of aryl methyl sites for hydroxylation is 3. The Morgan fingerprint density at radius 3 is 2.19 bits per heavy atom. The zero-order valence-corrected chi connectivity index (χ0v) is 10.0. The SMILES string of the molecule is Cc1ccc(-c2ccc(C)c(C)c2)c(N)c1. The Hall–Kier alpha value is -1.76. The number of benzene rings is 2. The third-order valence-electron chi connectivity index (χ3n) is 3.02. The summed E-state index contributed by atoms with van der Waals surface area (Å²) in [5.41, 5.74) is 13.0. The number of nitrogen functional groups attached to an aromatic ring is 1. The lowest BCUT2D eigenvalue weighted by atomic mass is 9.98. The van der Waals surface area contributed by atoms with Crippen molar-refractivity contribution in [1.82, 2.24) is 0 Å². The van der Waals surface area contributed by atoms with Gasteiger partial charge in [0.15, 0.2) is 0 Å². The van der Waals surface area contributed by atoms with Gasteiger partial charge in [0.1, 0.15) is 0 Å². The molecule has 82 valence electrons. The first-order valence-corrected chi connectivity index (χ1v) is 5.51. The van der Waals surface area contributed by atoms with E-state index >= 15 is 0 Å². The molecule has 1 nitrogen and oxygen atoms in total. The number of rotatable bonds is 1. The minimum absolute atomic E-state index is 0.850. The van der Waals surface area contributed by atoms with Crippen LogP contribution in [0.25, 0.3) is 11.1 Å². The van der Waals surface area contributed by atoms with Crippen LogP contribution in [0.5, 0.6) is 0 Å². The van der Waals surface area contributed by atoms with Gasteiger partial charge in [0, 0.05) is 11.3 Å². The molecule has 2 N–H and O–H groups in total. The summed E-state index contributed by atoms with van der Waals surface area (Å²) in [4.78, 5) is 0. The van der Waals surface area contributed by atoms with Gasteiger partial charge in [-0.2, -0.15) is 0 Å². The molecule has 0 amide bonds. The van der Waals surface area contributed by atoms with Crippen molar-refractivity contribution in [3.8, 4) is 11.1 Å². The van der Waals surface area contributed by atoms with Crippen LogP contribution in [0, 0.1) is 20.8 Å². The Labute approximate surface area is 96.9 Å². The van der Waals surface area contributed by atoms with E-state index in [1.165, 1.54) is 22.3 Å². The molecule has 0 heterocycles. The van der Waals surface area contributed by atoms with E-state index in [0.29, 0.717) is 0 Å². The number of hydrogen-bond acceptors (Lipinski definition) is 1. The third kappa shape index (κ3) is 1.94. The lowest BCUT2D eigenvalue weighted by Crippen LogP contribution is -1.91. The standard InChI is InChI=1S/C15H17N/c1-10-4-7-14(15(16)8-10)13-6-5-11(2)12(3)9-13/h4-9H,16H2,1-3H3. The molecule has 16 heavy (non-hydrogen) atoms. The smallest absolute Gasteiger partial charge is 0.0396 e. The van der Waals surface area contributed by atoms with Crippen molar-refractivity contribution in [3.05, 3.63) is 53.1 Å². The summed E-state index contributed by atoms with van der Waals surface area (Å²) in [6.45, 7) is 6.31. The maximum absolute atomic E-state index is 6.04. The summed E-state index contributed by atoms with van der Waals surface area (Å²) >= 11 is 0. The van der Waals surface area contributed by atoms with Gasteiger partial charge in [-0.25, -0.2) is 0 Å². The maximum atomic E-state index is 6.04. The fourth-order valence-corrected chi connectivity index (χ4v) is 1.85. The number of anilines is 1. The van der Waals surface area contributed by atoms with Crippen molar-refractivity contribution in [2.45, 2.75) is 20.8 Å². The predicted molar refractivity (Wildman–Crippen MR) is 70.5 cm³/mol. The minimum Gasteiger partial charge on any atom is -0.398 e. The molecule has 2 aromatic rings. The largest absolute Gasteiger partial charge is 0.398 e. The normalized spacial score (nSPS) is 10.4. The van der Waals surface area contributed by atoms with Gasteiger partial charge in [-0.05, 0) is 49.1 Å². The van der Waals surface area contributed by atoms with Gasteiger partial charge in [-0.15, -0.1) is 0 Å². The fourth-order valence-electron chi connectivity index (χ4n) is 1.85. The third-order valence-corrected chi connectivity index (χ3v) is 3.02. The van der Waals surface area contributed by atoms with E-state index in [1.54, 1.807) is 0 Å². The van der Waals surface area contributed by atoms with Gasteiger partial charge in [-0.3, -0.25) is 0 Å². The zero-order chi connectivity index (χ0) is 11.7. The molecule has 2 aromatic carbocycles. The van der Waals surface area contributed by atoms with Crippen LogP contribution in [0.4, 0.5) is 5.69 Å². The summed E-state index contributed by atoms with van der Waals surface area (Å²) in [6, 6.07) is 12.7. The lowest BCUT2D eigenvalue weighted by Gasteiger charge is -2.09. The zero-order valence-electron chi connectivity index (χ0n) is 10.0. The molecule has 0 bridgehead atoms. The van der Waals surface area contributed by atoms with Gasteiger partial charge in [-0.1, -0.05) is 30.3 Å². The molecule has 1 heteroatoms. The Morgan fingerprint density at radius 2 is 1.56 bits per heavy atom. The predicted octanol–water partition coefficient (Wildman–Crippen LogP) is 3.86. The summed E-state index contributed by atoms with van der Waals surface area (Å²) < 4.78 is 0. The summed E-state index contributed by atoms with van der Waals surface area (Å²) in [6.07, 6.45) is 0. The number of nitrogens with two attached hydrogens (primary N) is 1. The minimum atomic E-state index is 0.850. The Morgan fingerprint density at radius 1 is 0.812 bits per heavy atom.